The van der Waals surface area contributed by atoms with Gasteiger partial charge in [0.25, 0.3) is 0 Å². The van der Waals surface area contributed by atoms with Gasteiger partial charge in [0, 0.05) is 50.8 Å². The summed E-state index contributed by atoms with van der Waals surface area (Å²) in [6, 6.07) is 24.9. The molecule has 0 saturated carbocycles. The minimum atomic E-state index is -1.75. The fraction of sp³-hybridized carbons (Fsp3) is 0.0370. The van der Waals surface area contributed by atoms with Crippen molar-refractivity contribution in [2.75, 3.05) is 11.9 Å². The maximum Gasteiger partial charge on any atom is 0.340 e. The minimum Gasteiger partial charge on any atom is -0.606 e. The van der Waals surface area contributed by atoms with E-state index >= 15 is 0 Å². The number of aromatic carboxylic acids is 1. The van der Waals surface area contributed by atoms with Crippen molar-refractivity contribution in [1.29, 1.82) is 0 Å². The van der Waals surface area contributed by atoms with Crippen LogP contribution in [0.5, 0.6) is 0 Å². The molecule has 0 aromatic heterocycles. The van der Waals surface area contributed by atoms with Crippen LogP contribution in [0.2, 0.25) is 10.0 Å². The van der Waals surface area contributed by atoms with Crippen LogP contribution in [0.1, 0.15) is 26.3 Å². The average molecular weight is 524 g/mol. The van der Waals surface area contributed by atoms with E-state index in [1.807, 2.05) is 36.2 Å². The number of anilines is 2. The summed E-state index contributed by atoms with van der Waals surface area (Å²) >= 11 is 10.1. The molecule has 4 rings (SSSR count). The number of carbonyl (C=O) groups excluding carboxylic acids is 1. The van der Waals surface area contributed by atoms with Crippen LogP contribution in [-0.2, 0) is 11.2 Å². The molecular formula is C27H19Cl2NO4S. The van der Waals surface area contributed by atoms with Gasteiger partial charge >= 0.3 is 5.97 Å². The molecule has 35 heavy (non-hydrogen) atoms. The van der Waals surface area contributed by atoms with Gasteiger partial charge in [-0.15, -0.1) is 0 Å². The smallest absolute Gasteiger partial charge is 0.340 e. The Labute approximate surface area is 215 Å². The third kappa shape index (κ3) is 5.52. The molecule has 0 amide bonds. The Kier molecular flexibility index (Phi) is 7.48. The Balaban J connectivity index is 1.59. The molecule has 0 spiro atoms. The molecule has 0 bridgehead atoms. The second kappa shape index (κ2) is 10.5. The van der Waals surface area contributed by atoms with Crippen molar-refractivity contribution in [2.45, 2.75) is 9.79 Å². The molecule has 1 N–H and O–H groups in total. The molecule has 1 unspecified atom stereocenters. The molecule has 0 aliphatic rings. The van der Waals surface area contributed by atoms with Crippen molar-refractivity contribution >= 4 is 57.5 Å². The first-order valence-corrected chi connectivity index (χ1v) is 12.3. The molecular weight excluding hydrogens is 505 g/mol. The molecule has 4 aromatic carbocycles. The Morgan fingerprint density at radius 1 is 0.771 bits per heavy atom. The van der Waals surface area contributed by atoms with E-state index in [2.05, 4.69) is 0 Å². The number of carboxylic acid groups (broad SMARTS) is 1. The van der Waals surface area contributed by atoms with E-state index in [1.165, 1.54) is 18.2 Å². The van der Waals surface area contributed by atoms with Crippen molar-refractivity contribution in [1.82, 2.24) is 0 Å². The summed E-state index contributed by atoms with van der Waals surface area (Å²) in [4.78, 5) is 27.5. The molecule has 0 aliphatic heterocycles. The fourth-order valence-electron chi connectivity index (χ4n) is 3.50. The van der Waals surface area contributed by atoms with E-state index in [4.69, 9.17) is 23.2 Å². The van der Waals surface area contributed by atoms with Gasteiger partial charge in [0.05, 0.1) is 0 Å². The predicted molar refractivity (Wildman–Crippen MR) is 139 cm³/mol. The Bertz CT molecular complexity index is 1370. The zero-order valence-electron chi connectivity index (χ0n) is 18.4. The van der Waals surface area contributed by atoms with Gasteiger partial charge in [0.15, 0.2) is 15.6 Å². The normalized spacial score (nSPS) is 11.7. The van der Waals surface area contributed by atoms with Gasteiger partial charge in [0.1, 0.15) is 5.56 Å². The van der Waals surface area contributed by atoms with Crippen LogP contribution >= 0.6 is 23.2 Å². The average Bonchev–Trinajstić information content (AvgIpc) is 2.88. The Morgan fingerprint density at radius 3 is 1.80 bits per heavy atom. The van der Waals surface area contributed by atoms with Crippen LogP contribution in [0, 0.1) is 0 Å². The van der Waals surface area contributed by atoms with Gasteiger partial charge in [-0.2, -0.15) is 0 Å². The maximum atomic E-state index is 13.1. The third-order valence-electron chi connectivity index (χ3n) is 5.43. The van der Waals surface area contributed by atoms with Gasteiger partial charge < -0.3 is 14.6 Å². The zero-order chi connectivity index (χ0) is 25.1. The largest absolute Gasteiger partial charge is 0.606 e. The van der Waals surface area contributed by atoms with Crippen LogP contribution in [-0.4, -0.2) is 28.5 Å². The lowest BCUT2D eigenvalue weighted by atomic mass is 10.0. The molecule has 5 nitrogen and oxygen atoms in total. The van der Waals surface area contributed by atoms with Gasteiger partial charge in [-0.1, -0.05) is 23.2 Å². The Morgan fingerprint density at radius 2 is 1.26 bits per heavy atom. The number of hydrogen-bond donors (Lipinski definition) is 1. The molecule has 0 aliphatic carbocycles. The van der Waals surface area contributed by atoms with E-state index in [0.29, 0.717) is 20.5 Å². The monoisotopic (exact) mass is 523 g/mol. The van der Waals surface area contributed by atoms with Crippen molar-refractivity contribution in [3.05, 3.63) is 118 Å². The first-order valence-electron chi connectivity index (χ1n) is 10.4. The van der Waals surface area contributed by atoms with Crippen molar-refractivity contribution in [3.63, 3.8) is 0 Å². The molecule has 0 radical (unpaired) electrons. The highest BCUT2D eigenvalue weighted by atomic mass is 35.5. The molecule has 1 atom stereocenters. The number of benzene rings is 4. The Hall–Kier alpha value is -3.29. The van der Waals surface area contributed by atoms with E-state index in [9.17, 15) is 19.2 Å². The fourth-order valence-corrected chi connectivity index (χ4v) is 4.93. The molecule has 176 valence electrons. The van der Waals surface area contributed by atoms with Gasteiger partial charge in [-0.05, 0) is 91.0 Å². The lowest BCUT2D eigenvalue weighted by Crippen LogP contribution is -2.12. The van der Waals surface area contributed by atoms with E-state index in [0.717, 1.165) is 11.4 Å². The maximum absolute atomic E-state index is 13.1. The highest BCUT2D eigenvalue weighted by Crippen LogP contribution is 2.28. The summed E-state index contributed by atoms with van der Waals surface area (Å²) in [6.07, 6.45) is 0. The number of carboxylic acids is 1. The number of hydrogen-bond acceptors (Lipinski definition) is 4. The zero-order valence-corrected chi connectivity index (χ0v) is 20.8. The van der Waals surface area contributed by atoms with E-state index < -0.39 is 17.1 Å². The number of rotatable bonds is 7. The first kappa shape index (κ1) is 24.8. The van der Waals surface area contributed by atoms with Crippen LogP contribution < -0.4 is 4.90 Å². The van der Waals surface area contributed by atoms with Crippen LogP contribution in [0.3, 0.4) is 0 Å². The minimum absolute atomic E-state index is 0.108. The summed E-state index contributed by atoms with van der Waals surface area (Å²) in [7, 11) is 1.90. The summed E-state index contributed by atoms with van der Waals surface area (Å²) in [5.74, 6) is -1.60. The number of halogens is 2. The van der Waals surface area contributed by atoms with Gasteiger partial charge in [-0.3, -0.25) is 4.79 Å². The quantitative estimate of drug-likeness (QED) is 0.211. The van der Waals surface area contributed by atoms with Crippen LogP contribution in [0.25, 0.3) is 0 Å². The first-order chi connectivity index (χ1) is 16.7. The molecule has 0 fully saturated rings. The summed E-state index contributed by atoms with van der Waals surface area (Å²) < 4.78 is 13.0. The molecule has 0 saturated heterocycles. The van der Waals surface area contributed by atoms with Crippen molar-refractivity contribution in [2.24, 2.45) is 0 Å². The van der Waals surface area contributed by atoms with E-state index in [-0.39, 0.29) is 21.8 Å². The number of carbonyl (C=O) groups is 2. The van der Waals surface area contributed by atoms with E-state index in [1.54, 1.807) is 48.5 Å². The molecule has 8 heteroatoms. The number of ketones is 1. The predicted octanol–water partition coefficient (Wildman–Crippen LogP) is 6.86. The van der Waals surface area contributed by atoms with Gasteiger partial charge in [0.2, 0.25) is 0 Å². The van der Waals surface area contributed by atoms with Crippen LogP contribution in [0.15, 0.2) is 101 Å². The van der Waals surface area contributed by atoms with Crippen LogP contribution in [0.4, 0.5) is 11.4 Å². The summed E-state index contributed by atoms with van der Waals surface area (Å²) in [6.45, 7) is 0. The topological polar surface area (TPSA) is 80.7 Å². The molecule has 0 heterocycles. The van der Waals surface area contributed by atoms with Crippen molar-refractivity contribution in [3.8, 4) is 0 Å². The second-order valence-corrected chi connectivity index (χ2v) is 9.97. The van der Waals surface area contributed by atoms with Gasteiger partial charge in [-0.25, -0.2) is 4.79 Å². The standard InChI is InChI=1S/C27H19Cl2NO4S/c1-30(22-11-5-19(28)6-12-22)21-9-2-17(3-10-21)26(31)18-4-15-25(24(16-18)27(32)33)35(34)23-13-7-20(29)8-14-23/h2-16H,1H3,(H,32,33). The highest BCUT2D eigenvalue weighted by Gasteiger charge is 2.25. The highest BCUT2D eigenvalue weighted by molar-refractivity contribution is 7.91. The lowest BCUT2D eigenvalue weighted by molar-refractivity contribution is 0.0692. The van der Waals surface area contributed by atoms with Crippen molar-refractivity contribution < 1.29 is 19.2 Å². The SMILES string of the molecule is CN(c1ccc(Cl)cc1)c1ccc(C(=O)c2ccc([S+]([O-])c3ccc(Cl)cc3)c(C(=O)O)c2)cc1. The molecule has 4 aromatic rings. The number of nitrogens with zero attached hydrogens (tertiary/aromatic N) is 1. The summed E-state index contributed by atoms with van der Waals surface area (Å²) in [5, 5.41) is 10.9. The second-order valence-electron chi connectivity index (χ2n) is 7.65. The third-order valence-corrected chi connectivity index (χ3v) is 7.39. The summed E-state index contributed by atoms with van der Waals surface area (Å²) in [5.41, 5.74) is 2.20. The lowest BCUT2D eigenvalue weighted by Gasteiger charge is -2.19.